The Morgan fingerprint density at radius 3 is 2.76 bits per heavy atom. The highest BCUT2D eigenvalue weighted by molar-refractivity contribution is 5.79. The van der Waals surface area contributed by atoms with Gasteiger partial charge in [0, 0.05) is 26.7 Å². The molecule has 1 aromatic rings. The Labute approximate surface area is 128 Å². The zero-order chi connectivity index (χ0) is 15.5. The van der Waals surface area contributed by atoms with Crippen LogP contribution in [0.1, 0.15) is 19.8 Å². The molecular weight excluding hydrogens is 266 g/mol. The molecule has 0 saturated carbocycles. The van der Waals surface area contributed by atoms with Crippen molar-refractivity contribution in [2.24, 2.45) is 4.99 Å². The second-order valence-electron chi connectivity index (χ2n) is 4.78. The number of guanidine groups is 1. The molecule has 0 aliphatic rings. The van der Waals surface area contributed by atoms with Crippen LogP contribution in [0.4, 0.5) is 0 Å². The summed E-state index contributed by atoms with van der Waals surface area (Å²) in [5, 5.41) is 3.30. The average molecular weight is 293 g/mol. The zero-order valence-electron chi connectivity index (χ0n) is 13.6. The summed E-state index contributed by atoms with van der Waals surface area (Å²) >= 11 is 0. The molecule has 118 valence electrons. The van der Waals surface area contributed by atoms with Crippen LogP contribution in [0.25, 0.3) is 0 Å². The first-order chi connectivity index (χ1) is 10.2. The van der Waals surface area contributed by atoms with E-state index in [1.54, 1.807) is 14.2 Å². The van der Waals surface area contributed by atoms with E-state index >= 15 is 0 Å². The van der Waals surface area contributed by atoms with Crippen LogP contribution in [0.2, 0.25) is 0 Å². The number of hydrogen-bond acceptors (Lipinski definition) is 3. The van der Waals surface area contributed by atoms with Gasteiger partial charge in [0.25, 0.3) is 0 Å². The lowest BCUT2D eigenvalue weighted by Crippen LogP contribution is -2.41. The third kappa shape index (κ3) is 6.38. The van der Waals surface area contributed by atoms with Gasteiger partial charge in [-0.05, 0) is 18.6 Å². The van der Waals surface area contributed by atoms with Crippen molar-refractivity contribution in [1.82, 2.24) is 10.2 Å². The summed E-state index contributed by atoms with van der Waals surface area (Å²) < 4.78 is 10.9. The van der Waals surface area contributed by atoms with Crippen LogP contribution in [0.3, 0.4) is 0 Å². The molecule has 0 heterocycles. The first kappa shape index (κ1) is 17.1. The minimum atomic E-state index is 0.577. The summed E-state index contributed by atoms with van der Waals surface area (Å²) in [6.45, 7) is 4.48. The molecule has 0 amide bonds. The minimum absolute atomic E-state index is 0.577. The van der Waals surface area contributed by atoms with Crippen molar-refractivity contribution in [3.63, 3.8) is 0 Å². The molecule has 0 atom stereocenters. The molecule has 21 heavy (non-hydrogen) atoms. The third-order valence-electron chi connectivity index (χ3n) is 3.12. The van der Waals surface area contributed by atoms with Crippen molar-refractivity contribution in [2.75, 3.05) is 40.9 Å². The Balaban J connectivity index is 2.31. The van der Waals surface area contributed by atoms with Gasteiger partial charge in [0.2, 0.25) is 0 Å². The molecule has 0 aliphatic heterocycles. The fourth-order valence-electron chi connectivity index (χ4n) is 1.91. The second-order valence-corrected chi connectivity index (χ2v) is 4.78. The van der Waals surface area contributed by atoms with Gasteiger partial charge in [0.1, 0.15) is 18.1 Å². The van der Waals surface area contributed by atoms with Gasteiger partial charge < -0.3 is 19.7 Å². The maximum absolute atomic E-state index is 5.69. The van der Waals surface area contributed by atoms with Crippen molar-refractivity contribution in [2.45, 2.75) is 19.8 Å². The molecule has 1 rings (SSSR count). The average Bonchev–Trinajstić information content (AvgIpc) is 2.52. The normalized spacial score (nSPS) is 11.1. The molecule has 5 heteroatoms. The van der Waals surface area contributed by atoms with Crippen molar-refractivity contribution >= 4 is 5.96 Å². The number of hydrogen-bond donors (Lipinski definition) is 1. The lowest BCUT2D eigenvalue weighted by molar-refractivity contribution is 0.316. The van der Waals surface area contributed by atoms with E-state index in [1.165, 1.54) is 6.42 Å². The highest BCUT2D eigenvalue weighted by atomic mass is 16.5. The molecule has 0 spiro atoms. The van der Waals surface area contributed by atoms with Gasteiger partial charge in [0.15, 0.2) is 5.96 Å². The Morgan fingerprint density at radius 2 is 2.10 bits per heavy atom. The third-order valence-corrected chi connectivity index (χ3v) is 3.12. The molecule has 1 aromatic carbocycles. The summed E-state index contributed by atoms with van der Waals surface area (Å²) in [6, 6.07) is 7.61. The Hall–Kier alpha value is -1.91. The van der Waals surface area contributed by atoms with Gasteiger partial charge >= 0.3 is 0 Å². The fourth-order valence-corrected chi connectivity index (χ4v) is 1.91. The monoisotopic (exact) mass is 293 g/mol. The highest BCUT2D eigenvalue weighted by Crippen LogP contribution is 2.18. The second kappa shape index (κ2) is 9.91. The van der Waals surface area contributed by atoms with E-state index in [0.29, 0.717) is 13.2 Å². The lowest BCUT2D eigenvalue weighted by atomic mass is 10.3. The van der Waals surface area contributed by atoms with Gasteiger partial charge in [-0.3, -0.25) is 4.99 Å². The molecule has 0 bridgehead atoms. The van der Waals surface area contributed by atoms with Crippen molar-refractivity contribution in [3.8, 4) is 11.5 Å². The zero-order valence-corrected chi connectivity index (χ0v) is 13.6. The molecule has 0 aromatic heterocycles. The topological polar surface area (TPSA) is 46.1 Å². The smallest absolute Gasteiger partial charge is 0.193 e. The van der Waals surface area contributed by atoms with Crippen molar-refractivity contribution < 1.29 is 9.47 Å². The molecule has 0 saturated heterocycles. The molecule has 5 nitrogen and oxygen atoms in total. The molecule has 0 radical (unpaired) electrons. The molecule has 1 N–H and O–H groups in total. The Morgan fingerprint density at radius 1 is 1.33 bits per heavy atom. The number of benzene rings is 1. The van der Waals surface area contributed by atoms with Crippen LogP contribution in [-0.4, -0.2) is 51.8 Å². The first-order valence-electron chi connectivity index (χ1n) is 7.40. The maximum Gasteiger partial charge on any atom is 0.193 e. The number of unbranched alkanes of at least 4 members (excludes halogenated alkanes) is 1. The lowest BCUT2D eigenvalue weighted by Gasteiger charge is -2.21. The largest absolute Gasteiger partial charge is 0.497 e. The summed E-state index contributed by atoms with van der Waals surface area (Å²) in [7, 11) is 5.50. The van der Waals surface area contributed by atoms with E-state index in [4.69, 9.17) is 9.47 Å². The molecule has 0 aliphatic carbocycles. The minimum Gasteiger partial charge on any atom is -0.497 e. The SMILES string of the molecule is CCCCN(C)C(=NC)NCCOc1cccc(OC)c1. The molecule has 0 fully saturated rings. The quantitative estimate of drug-likeness (QED) is 0.454. The van der Waals surface area contributed by atoms with Crippen LogP contribution in [-0.2, 0) is 0 Å². The van der Waals surface area contributed by atoms with E-state index in [0.717, 1.165) is 30.4 Å². The molecular formula is C16H27N3O2. The summed E-state index contributed by atoms with van der Waals surface area (Å²) in [5.41, 5.74) is 0. The van der Waals surface area contributed by atoms with Gasteiger partial charge in [-0.1, -0.05) is 19.4 Å². The number of nitrogens with zero attached hydrogens (tertiary/aromatic N) is 2. The number of aliphatic imine (C=N–C) groups is 1. The predicted octanol–water partition coefficient (Wildman–Crippen LogP) is 2.38. The fraction of sp³-hybridized carbons (Fsp3) is 0.562. The van der Waals surface area contributed by atoms with E-state index in [1.807, 2.05) is 31.3 Å². The molecule has 0 unspecified atom stereocenters. The van der Waals surface area contributed by atoms with Crippen LogP contribution in [0.15, 0.2) is 29.3 Å². The van der Waals surface area contributed by atoms with Crippen LogP contribution in [0.5, 0.6) is 11.5 Å². The highest BCUT2D eigenvalue weighted by Gasteiger charge is 2.04. The predicted molar refractivity (Wildman–Crippen MR) is 87.4 cm³/mol. The van der Waals surface area contributed by atoms with Gasteiger partial charge in [-0.15, -0.1) is 0 Å². The number of methoxy groups -OCH3 is 1. The van der Waals surface area contributed by atoms with Gasteiger partial charge in [-0.2, -0.15) is 0 Å². The van der Waals surface area contributed by atoms with Gasteiger partial charge in [0.05, 0.1) is 13.7 Å². The maximum atomic E-state index is 5.69. The number of rotatable bonds is 8. The van der Waals surface area contributed by atoms with Crippen LogP contribution in [0, 0.1) is 0 Å². The first-order valence-corrected chi connectivity index (χ1v) is 7.40. The van der Waals surface area contributed by atoms with E-state index in [2.05, 4.69) is 22.1 Å². The van der Waals surface area contributed by atoms with E-state index in [9.17, 15) is 0 Å². The summed E-state index contributed by atoms with van der Waals surface area (Å²) in [6.07, 6.45) is 2.35. The summed E-state index contributed by atoms with van der Waals surface area (Å²) in [5.74, 6) is 2.51. The Kier molecular flexibility index (Phi) is 8.09. The van der Waals surface area contributed by atoms with Crippen molar-refractivity contribution in [1.29, 1.82) is 0 Å². The van der Waals surface area contributed by atoms with Gasteiger partial charge in [-0.25, -0.2) is 0 Å². The van der Waals surface area contributed by atoms with E-state index in [-0.39, 0.29) is 0 Å². The number of nitrogens with one attached hydrogen (secondary N) is 1. The van der Waals surface area contributed by atoms with Crippen LogP contribution >= 0.6 is 0 Å². The summed E-state index contributed by atoms with van der Waals surface area (Å²) in [4.78, 5) is 6.40. The number of ether oxygens (including phenoxy) is 2. The standard InChI is InChI=1S/C16H27N3O2/c1-5-6-11-19(3)16(17-2)18-10-12-21-15-9-7-8-14(13-15)20-4/h7-9,13H,5-6,10-12H2,1-4H3,(H,17,18). The Bertz CT molecular complexity index is 435. The van der Waals surface area contributed by atoms with E-state index < -0.39 is 0 Å². The van der Waals surface area contributed by atoms with Crippen LogP contribution < -0.4 is 14.8 Å². The van der Waals surface area contributed by atoms with Crippen molar-refractivity contribution in [3.05, 3.63) is 24.3 Å².